The van der Waals surface area contributed by atoms with Crippen molar-refractivity contribution in [1.82, 2.24) is 29.8 Å². The number of nitrogens with one attached hydrogen (secondary N) is 2. The quantitative estimate of drug-likeness (QED) is 0.615. The van der Waals surface area contributed by atoms with E-state index in [2.05, 4.69) is 25.2 Å². The SMILES string of the molecule is CN1CCCc2nnc3cccc(n23)-c2cccc(n2)NC2CN[C@@H](C2)C1=O. The van der Waals surface area contributed by atoms with Crippen LogP contribution >= 0.6 is 0 Å². The Hall–Kier alpha value is -3.00. The average molecular weight is 377 g/mol. The number of likely N-dealkylation sites (N-methyl/N-ethyl adjacent to an activating group) is 1. The third-order valence-corrected chi connectivity index (χ3v) is 5.56. The molecule has 0 radical (unpaired) electrons. The number of pyridine rings is 2. The predicted octanol–water partition coefficient (Wildman–Crippen LogP) is 1.34. The summed E-state index contributed by atoms with van der Waals surface area (Å²) < 4.78 is 2.07. The van der Waals surface area contributed by atoms with Crippen molar-refractivity contribution < 1.29 is 4.79 Å². The number of rotatable bonds is 0. The van der Waals surface area contributed by atoms with Gasteiger partial charge in [-0.25, -0.2) is 4.98 Å². The Bertz CT molecular complexity index is 1030. The molecular formula is C20H23N7O. The molecule has 8 heteroatoms. The molecule has 28 heavy (non-hydrogen) atoms. The van der Waals surface area contributed by atoms with Crippen molar-refractivity contribution >= 4 is 17.4 Å². The van der Waals surface area contributed by atoms with Gasteiger partial charge in [0.25, 0.3) is 0 Å². The van der Waals surface area contributed by atoms with Gasteiger partial charge >= 0.3 is 0 Å². The first kappa shape index (κ1) is 17.1. The molecule has 2 N–H and O–H groups in total. The third kappa shape index (κ3) is 2.99. The molecule has 1 fully saturated rings. The summed E-state index contributed by atoms with van der Waals surface area (Å²) in [6.45, 7) is 1.44. The van der Waals surface area contributed by atoms with E-state index < -0.39 is 0 Å². The van der Waals surface area contributed by atoms with Gasteiger partial charge in [-0.3, -0.25) is 9.20 Å². The van der Waals surface area contributed by atoms with E-state index in [4.69, 9.17) is 4.98 Å². The maximum Gasteiger partial charge on any atom is 0.239 e. The first-order valence-electron chi connectivity index (χ1n) is 9.74. The summed E-state index contributed by atoms with van der Waals surface area (Å²) in [5, 5.41) is 15.5. The molecule has 0 saturated carbocycles. The van der Waals surface area contributed by atoms with E-state index in [1.165, 1.54) is 0 Å². The molecule has 8 nitrogen and oxygen atoms in total. The fraction of sp³-hybridized carbons (Fsp3) is 0.400. The number of amides is 1. The van der Waals surface area contributed by atoms with Gasteiger partial charge in [-0.15, -0.1) is 10.2 Å². The lowest BCUT2D eigenvalue weighted by atomic mass is 10.1. The number of fused-ring (bicyclic) bond motifs is 5. The van der Waals surface area contributed by atoms with Gasteiger partial charge < -0.3 is 15.5 Å². The fourth-order valence-electron chi connectivity index (χ4n) is 4.11. The molecule has 144 valence electrons. The number of carbonyl (C=O) groups excluding carboxylic acids is 1. The minimum Gasteiger partial charge on any atom is -0.366 e. The second kappa shape index (κ2) is 6.87. The van der Waals surface area contributed by atoms with Crippen LogP contribution in [0.1, 0.15) is 18.7 Å². The van der Waals surface area contributed by atoms with Gasteiger partial charge in [0.2, 0.25) is 5.91 Å². The topological polar surface area (TPSA) is 87.5 Å². The third-order valence-electron chi connectivity index (χ3n) is 5.56. The zero-order valence-electron chi connectivity index (χ0n) is 15.8. The lowest BCUT2D eigenvalue weighted by Gasteiger charge is -2.21. The van der Waals surface area contributed by atoms with Crippen molar-refractivity contribution in [1.29, 1.82) is 0 Å². The number of nitrogens with zero attached hydrogens (tertiary/aromatic N) is 5. The Labute approximate surface area is 163 Å². The van der Waals surface area contributed by atoms with E-state index in [1.54, 1.807) is 0 Å². The Kier molecular flexibility index (Phi) is 4.20. The minimum absolute atomic E-state index is 0.146. The molecule has 4 bridgehead atoms. The number of aryl methyl sites for hydroxylation is 1. The van der Waals surface area contributed by atoms with Crippen LogP contribution in [-0.4, -0.2) is 62.6 Å². The van der Waals surface area contributed by atoms with E-state index in [1.807, 2.05) is 48.3 Å². The van der Waals surface area contributed by atoms with Crippen LogP contribution in [0.5, 0.6) is 0 Å². The van der Waals surface area contributed by atoms with Crippen LogP contribution in [0.2, 0.25) is 0 Å². The van der Waals surface area contributed by atoms with Crippen molar-refractivity contribution in [2.75, 3.05) is 25.5 Å². The first-order valence-corrected chi connectivity index (χ1v) is 9.74. The monoisotopic (exact) mass is 377 g/mol. The average Bonchev–Trinajstić information content (AvgIpc) is 3.34. The zero-order chi connectivity index (χ0) is 19.1. The molecule has 1 saturated heterocycles. The van der Waals surface area contributed by atoms with Gasteiger partial charge in [-0.05, 0) is 37.1 Å². The molecular weight excluding hydrogens is 354 g/mol. The van der Waals surface area contributed by atoms with Crippen molar-refractivity contribution in [3.63, 3.8) is 0 Å². The molecule has 0 aliphatic carbocycles. The Morgan fingerprint density at radius 1 is 1.14 bits per heavy atom. The van der Waals surface area contributed by atoms with Crippen LogP contribution in [0.15, 0.2) is 36.4 Å². The highest BCUT2D eigenvalue weighted by Crippen LogP contribution is 2.23. The number of hydrogen-bond donors (Lipinski definition) is 2. The standard InChI is InChI=1S/C20H23N7O/c1-26-10-4-9-19-25-24-18-8-3-6-16(27(18)19)14-5-2-7-17(23-14)22-13-11-15(20(26)28)21-12-13/h2-3,5-8,13,15,21H,4,9-12H2,1H3,(H,22,23)/t13?,15-/m0/s1. The number of aromatic nitrogens is 4. The zero-order valence-corrected chi connectivity index (χ0v) is 15.8. The molecule has 1 amide bonds. The summed E-state index contributed by atoms with van der Waals surface area (Å²) in [5.41, 5.74) is 2.66. The maximum absolute atomic E-state index is 12.7. The van der Waals surface area contributed by atoms with E-state index in [0.29, 0.717) is 6.54 Å². The van der Waals surface area contributed by atoms with Crippen molar-refractivity contribution in [3.8, 4) is 11.4 Å². The Morgan fingerprint density at radius 3 is 2.96 bits per heavy atom. The van der Waals surface area contributed by atoms with E-state index >= 15 is 0 Å². The molecule has 0 aromatic carbocycles. The van der Waals surface area contributed by atoms with Gasteiger partial charge in [0.05, 0.1) is 17.4 Å². The van der Waals surface area contributed by atoms with Crippen molar-refractivity contribution in [2.24, 2.45) is 0 Å². The molecule has 3 aromatic heterocycles. The van der Waals surface area contributed by atoms with Gasteiger partial charge in [0.1, 0.15) is 11.6 Å². The van der Waals surface area contributed by atoms with Crippen molar-refractivity contribution in [3.05, 3.63) is 42.2 Å². The van der Waals surface area contributed by atoms with Crippen LogP contribution in [0.25, 0.3) is 17.0 Å². The largest absolute Gasteiger partial charge is 0.366 e. The number of hydrogen-bond acceptors (Lipinski definition) is 6. The normalized spacial score (nSPS) is 22.6. The highest BCUT2D eigenvalue weighted by Gasteiger charge is 2.31. The minimum atomic E-state index is -0.146. The van der Waals surface area contributed by atoms with Gasteiger partial charge in [-0.1, -0.05) is 12.1 Å². The molecule has 3 aromatic rings. The van der Waals surface area contributed by atoms with E-state index in [-0.39, 0.29) is 18.0 Å². The summed E-state index contributed by atoms with van der Waals surface area (Å²) in [6.07, 6.45) is 2.34. The van der Waals surface area contributed by atoms with E-state index in [9.17, 15) is 4.79 Å². The van der Waals surface area contributed by atoms with Crippen molar-refractivity contribution in [2.45, 2.75) is 31.3 Å². The van der Waals surface area contributed by atoms with Crippen LogP contribution in [0.3, 0.4) is 0 Å². The van der Waals surface area contributed by atoms with Crippen LogP contribution in [-0.2, 0) is 11.2 Å². The first-order chi connectivity index (χ1) is 13.7. The second-order valence-corrected chi connectivity index (χ2v) is 7.53. The Morgan fingerprint density at radius 2 is 2.04 bits per heavy atom. The highest BCUT2D eigenvalue weighted by molar-refractivity contribution is 5.82. The maximum atomic E-state index is 12.7. The van der Waals surface area contributed by atoms with Gasteiger partial charge in [0, 0.05) is 32.6 Å². The smallest absolute Gasteiger partial charge is 0.239 e. The van der Waals surface area contributed by atoms with Crippen LogP contribution in [0.4, 0.5) is 5.82 Å². The van der Waals surface area contributed by atoms with Gasteiger partial charge in [0.15, 0.2) is 5.65 Å². The van der Waals surface area contributed by atoms with Crippen LogP contribution in [0, 0.1) is 0 Å². The Balaban J connectivity index is 1.59. The van der Waals surface area contributed by atoms with E-state index in [0.717, 1.165) is 54.5 Å². The number of carbonyl (C=O) groups is 1. The molecule has 5 rings (SSSR count). The molecule has 2 aliphatic rings. The summed E-state index contributed by atoms with van der Waals surface area (Å²) in [4.78, 5) is 19.4. The molecule has 2 aliphatic heterocycles. The summed E-state index contributed by atoms with van der Waals surface area (Å²) in [5.74, 6) is 1.85. The molecule has 1 unspecified atom stereocenters. The lowest BCUT2D eigenvalue weighted by molar-refractivity contribution is -0.131. The summed E-state index contributed by atoms with van der Waals surface area (Å²) >= 11 is 0. The lowest BCUT2D eigenvalue weighted by Crippen LogP contribution is -2.42. The molecule has 0 spiro atoms. The van der Waals surface area contributed by atoms with Gasteiger partial charge in [-0.2, -0.15) is 0 Å². The number of anilines is 1. The summed E-state index contributed by atoms with van der Waals surface area (Å²) in [7, 11) is 1.88. The fourth-order valence-corrected chi connectivity index (χ4v) is 4.11. The second-order valence-electron chi connectivity index (χ2n) is 7.53. The predicted molar refractivity (Wildman–Crippen MR) is 106 cm³/mol. The summed E-state index contributed by atoms with van der Waals surface area (Å²) in [6, 6.07) is 12.0. The van der Waals surface area contributed by atoms with Crippen LogP contribution < -0.4 is 10.6 Å². The molecule has 5 heterocycles. The highest BCUT2D eigenvalue weighted by atomic mass is 16.2. The molecule has 2 atom stereocenters.